The van der Waals surface area contributed by atoms with Crippen LogP contribution in [0.1, 0.15) is 10.4 Å². The minimum Gasteiger partial charge on any atom is -0.478 e. The van der Waals surface area contributed by atoms with Gasteiger partial charge < -0.3 is 25.2 Å². The molecule has 3 N–H and O–H groups in total. The Hall–Kier alpha value is -2.12. The maximum Gasteiger partial charge on any atom is 0.335 e. The van der Waals surface area contributed by atoms with Gasteiger partial charge in [0.25, 0.3) is 0 Å². The highest BCUT2D eigenvalue weighted by Gasteiger charge is 2.23. The van der Waals surface area contributed by atoms with Crippen LogP contribution in [0.3, 0.4) is 0 Å². The Bertz CT molecular complexity index is 505. The third-order valence-electron chi connectivity index (χ3n) is 2.99. The van der Waals surface area contributed by atoms with Gasteiger partial charge in [0.05, 0.1) is 31.4 Å². The number of nitrogens with one attached hydrogen (secondary N) is 1. The normalized spacial score (nSPS) is 18.6. The molecule has 1 aliphatic heterocycles. The van der Waals surface area contributed by atoms with E-state index in [9.17, 15) is 9.59 Å². The van der Waals surface area contributed by atoms with Crippen LogP contribution < -0.4 is 5.32 Å². The second-order valence-corrected chi connectivity index (χ2v) is 4.44. The summed E-state index contributed by atoms with van der Waals surface area (Å²) in [5.74, 6) is -1.05. The van der Waals surface area contributed by atoms with E-state index in [2.05, 4.69) is 5.32 Å². The van der Waals surface area contributed by atoms with Gasteiger partial charge in [0.15, 0.2) is 0 Å². The van der Waals surface area contributed by atoms with Crippen molar-refractivity contribution in [2.24, 2.45) is 0 Å². The highest BCUT2D eigenvalue weighted by Crippen LogP contribution is 2.13. The number of anilines is 1. The second kappa shape index (κ2) is 6.36. The van der Waals surface area contributed by atoms with E-state index in [1.54, 1.807) is 12.1 Å². The summed E-state index contributed by atoms with van der Waals surface area (Å²) in [5, 5.41) is 20.6. The molecule has 1 saturated heterocycles. The standard InChI is InChI=1S/C13H16N2O5/c16-8-11-7-15(4-5-20-11)13(19)14-10-3-1-2-9(6-10)12(17)18/h1-3,6,11,16H,4-5,7-8H2,(H,14,19)(H,17,18). The summed E-state index contributed by atoms with van der Waals surface area (Å²) in [6, 6.07) is 5.69. The summed E-state index contributed by atoms with van der Waals surface area (Å²) >= 11 is 0. The molecule has 2 amide bonds. The number of urea groups is 1. The average Bonchev–Trinajstić information content (AvgIpc) is 2.47. The van der Waals surface area contributed by atoms with Gasteiger partial charge in [-0.05, 0) is 18.2 Å². The highest BCUT2D eigenvalue weighted by molar-refractivity contribution is 5.93. The number of hydrogen-bond donors (Lipinski definition) is 3. The fraction of sp³-hybridized carbons (Fsp3) is 0.385. The first-order chi connectivity index (χ1) is 9.60. The van der Waals surface area contributed by atoms with Gasteiger partial charge in [0.1, 0.15) is 0 Å². The Morgan fingerprint density at radius 2 is 2.25 bits per heavy atom. The number of carboxylic acids is 1. The second-order valence-electron chi connectivity index (χ2n) is 4.44. The number of carbonyl (C=O) groups is 2. The van der Waals surface area contributed by atoms with E-state index in [1.807, 2.05) is 0 Å². The highest BCUT2D eigenvalue weighted by atomic mass is 16.5. The van der Waals surface area contributed by atoms with Crippen LogP contribution >= 0.6 is 0 Å². The number of carbonyl (C=O) groups excluding carboxylic acids is 1. The van der Waals surface area contributed by atoms with E-state index in [4.69, 9.17) is 14.9 Å². The van der Waals surface area contributed by atoms with Crippen LogP contribution in [0.2, 0.25) is 0 Å². The molecular weight excluding hydrogens is 264 g/mol. The Labute approximate surface area is 115 Å². The molecule has 0 radical (unpaired) electrons. The summed E-state index contributed by atoms with van der Waals surface area (Å²) in [5.41, 5.74) is 0.528. The summed E-state index contributed by atoms with van der Waals surface area (Å²) in [7, 11) is 0. The molecule has 1 atom stereocenters. The van der Waals surface area contributed by atoms with Gasteiger partial charge in [0, 0.05) is 12.2 Å². The van der Waals surface area contributed by atoms with E-state index in [-0.39, 0.29) is 24.3 Å². The molecule has 0 saturated carbocycles. The van der Waals surface area contributed by atoms with E-state index in [0.29, 0.717) is 25.4 Å². The fourth-order valence-corrected chi connectivity index (χ4v) is 1.95. The zero-order valence-electron chi connectivity index (χ0n) is 10.8. The maximum atomic E-state index is 12.0. The molecule has 20 heavy (non-hydrogen) atoms. The molecule has 7 heteroatoms. The van der Waals surface area contributed by atoms with Gasteiger partial charge >= 0.3 is 12.0 Å². The van der Waals surface area contributed by atoms with Crippen molar-refractivity contribution in [2.45, 2.75) is 6.10 Å². The molecule has 1 aromatic rings. The van der Waals surface area contributed by atoms with Gasteiger partial charge in [-0.2, -0.15) is 0 Å². The molecule has 108 valence electrons. The molecular formula is C13H16N2O5. The van der Waals surface area contributed by atoms with Crippen molar-refractivity contribution in [1.82, 2.24) is 4.90 Å². The van der Waals surface area contributed by atoms with E-state index >= 15 is 0 Å². The van der Waals surface area contributed by atoms with Crippen molar-refractivity contribution in [1.29, 1.82) is 0 Å². The van der Waals surface area contributed by atoms with Crippen molar-refractivity contribution < 1.29 is 24.5 Å². The molecule has 0 spiro atoms. The summed E-state index contributed by atoms with van der Waals surface area (Å²) in [6.45, 7) is 0.966. The summed E-state index contributed by atoms with van der Waals surface area (Å²) in [6.07, 6.45) is -0.375. The number of aliphatic hydroxyl groups is 1. The van der Waals surface area contributed by atoms with Gasteiger partial charge in [-0.3, -0.25) is 0 Å². The van der Waals surface area contributed by atoms with Crippen LogP contribution in [0.25, 0.3) is 0 Å². The lowest BCUT2D eigenvalue weighted by molar-refractivity contribution is -0.0388. The van der Waals surface area contributed by atoms with Crippen LogP contribution in [-0.4, -0.2) is 59.5 Å². The minimum atomic E-state index is -1.05. The molecule has 1 aromatic carbocycles. The monoisotopic (exact) mass is 280 g/mol. The number of ether oxygens (including phenoxy) is 1. The Morgan fingerprint density at radius 1 is 1.45 bits per heavy atom. The van der Waals surface area contributed by atoms with Crippen LogP contribution in [0, 0.1) is 0 Å². The van der Waals surface area contributed by atoms with Crippen LogP contribution in [0.5, 0.6) is 0 Å². The van der Waals surface area contributed by atoms with Crippen LogP contribution in [0.15, 0.2) is 24.3 Å². The van der Waals surface area contributed by atoms with E-state index < -0.39 is 5.97 Å². The van der Waals surface area contributed by atoms with Crippen LogP contribution in [-0.2, 0) is 4.74 Å². The number of amides is 2. The van der Waals surface area contributed by atoms with Gasteiger partial charge in [-0.1, -0.05) is 6.07 Å². The lowest BCUT2D eigenvalue weighted by Gasteiger charge is -2.32. The number of aromatic carboxylic acids is 1. The largest absolute Gasteiger partial charge is 0.478 e. The SMILES string of the molecule is O=C(O)c1cccc(NC(=O)N2CCOC(CO)C2)c1. The number of benzene rings is 1. The third-order valence-corrected chi connectivity index (χ3v) is 2.99. The molecule has 2 rings (SSSR count). The molecule has 0 aliphatic carbocycles. The third kappa shape index (κ3) is 3.46. The molecule has 1 aliphatic rings. The topological polar surface area (TPSA) is 99.1 Å². The van der Waals surface area contributed by atoms with Crippen molar-refractivity contribution in [3.8, 4) is 0 Å². The Morgan fingerprint density at radius 3 is 2.95 bits per heavy atom. The molecule has 0 bridgehead atoms. The number of hydrogen-bond acceptors (Lipinski definition) is 4. The molecule has 1 fully saturated rings. The first-order valence-corrected chi connectivity index (χ1v) is 6.22. The van der Waals surface area contributed by atoms with Crippen LogP contribution in [0.4, 0.5) is 10.5 Å². The van der Waals surface area contributed by atoms with E-state index in [1.165, 1.54) is 17.0 Å². The average molecular weight is 280 g/mol. The molecule has 7 nitrogen and oxygen atoms in total. The summed E-state index contributed by atoms with van der Waals surface area (Å²) < 4.78 is 5.26. The smallest absolute Gasteiger partial charge is 0.335 e. The van der Waals surface area contributed by atoms with Crippen molar-refractivity contribution >= 4 is 17.7 Å². The first-order valence-electron chi connectivity index (χ1n) is 6.22. The Kier molecular flexibility index (Phi) is 4.54. The molecule has 1 unspecified atom stereocenters. The number of rotatable bonds is 3. The molecule has 0 aromatic heterocycles. The van der Waals surface area contributed by atoms with Gasteiger partial charge in [0.2, 0.25) is 0 Å². The Balaban J connectivity index is 2.00. The van der Waals surface area contributed by atoms with Gasteiger partial charge in [-0.15, -0.1) is 0 Å². The lowest BCUT2D eigenvalue weighted by atomic mass is 10.2. The number of aliphatic hydroxyl groups excluding tert-OH is 1. The van der Waals surface area contributed by atoms with E-state index in [0.717, 1.165) is 0 Å². The van der Waals surface area contributed by atoms with Crippen molar-refractivity contribution in [2.75, 3.05) is 31.6 Å². The minimum absolute atomic E-state index is 0.109. The number of morpholine rings is 1. The number of carboxylic acid groups (broad SMARTS) is 1. The lowest BCUT2D eigenvalue weighted by Crippen LogP contribution is -2.48. The predicted molar refractivity (Wildman–Crippen MR) is 70.8 cm³/mol. The zero-order chi connectivity index (χ0) is 14.5. The number of nitrogens with zero attached hydrogens (tertiary/aromatic N) is 1. The quantitative estimate of drug-likeness (QED) is 0.753. The summed E-state index contributed by atoms with van der Waals surface area (Å²) in [4.78, 5) is 24.4. The predicted octanol–water partition coefficient (Wildman–Crippen LogP) is 0.610. The maximum absolute atomic E-state index is 12.0. The zero-order valence-corrected chi connectivity index (χ0v) is 10.8. The molecule has 1 heterocycles. The first kappa shape index (κ1) is 14.3. The van der Waals surface area contributed by atoms with Crippen molar-refractivity contribution in [3.63, 3.8) is 0 Å². The van der Waals surface area contributed by atoms with Gasteiger partial charge in [-0.25, -0.2) is 9.59 Å². The van der Waals surface area contributed by atoms with Crippen molar-refractivity contribution in [3.05, 3.63) is 29.8 Å². The fourth-order valence-electron chi connectivity index (χ4n) is 1.95.